The third kappa shape index (κ3) is 3.89. The lowest BCUT2D eigenvalue weighted by molar-refractivity contribution is -0.134. The molecule has 0 unspecified atom stereocenters. The number of hydrogen-bond donors (Lipinski definition) is 1. The lowest BCUT2D eigenvalue weighted by atomic mass is 9.89. The summed E-state index contributed by atoms with van der Waals surface area (Å²) in [5.41, 5.74) is 0.916. The topological polar surface area (TPSA) is 41.6 Å². The number of hydrogen-bond acceptors (Lipinski definition) is 3. The fraction of sp³-hybridized carbons (Fsp3) is 0.632. The summed E-state index contributed by atoms with van der Waals surface area (Å²) in [5.74, 6) is 1.06. The van der Waals surface area contributed by atoms with E-state index in [1.54, 1.807) is 6.07 Å². The molecule has 2 fully saturated rings. The highest BCUT2D eigenvalue weighted by Gasteiger charge is 2.37. The number of benzene rings is 1. The number of rotatable bonds is 6. The third-order valence-electron chi connectivity index (χ3n) is 5.28. The molecule has 0 radical (unpaired) electrons. The van der Waals surface area contributed by atoms with Crippen molar-refractivity contribution in [1.82, 2.24) is 10.2 Å². The van der Waals surface area contributed by atoms with Crippen molar-refractivity contribution in [2.24, 2.45) is 11.8 Å². The first-order valence-corrected chi connectivity index (χ1v) is 8.97. The van der Waals surface area contributed by atoms with E-state index in [9.17, 15) is 9.18 Å². The quantitative estimate of drug-likeness (QED) is 0.870. The maximum atomic E-state index is 13.8. The van der Waals surface area contributed by atoms with Gasteiger partial charge in [0.05, 0.1) is 7.11 Å². The van der Waals surface area contributed by atoms with Gasteiger partial charge in [0, 0.05) is 31.6 Å². The molecule has 1 amide bonds. The summed E-state index contributed by atoms with van der Waals surface area (Å²) in [6.07, 6.45) is 4.15. The molecule has 1 heterocycles. The summed E-state index contributed by atoms with van der Waals surface area (Å²) in [6, 6.07) is 5.46. The van der Waals surface area contributed by atoms with Gasteiger partial charge in [-0.15, -0.1) is 0 Å². The van der Waals surface area contributed by atoms with Crippen LogP contribution in [0, 0.1) is 17.7 Å². The van der Waals surface area contributed by atoms with Gasteiger partial charge in [0.15, 0.2) is 11.6 Å². The van der Waals surface area contributed by atoms with Gasteiger partial charge in [-0.1, -0.05) is 19.4 Å². The molecule has 0 bridgehead atoms. The zero-order valence-electron chi connectivity index (χ0n) is 14.6. The van der Waals surface area contributed by atoms with Crippen molar-refractivity contribution < 1.29 is 13.9 Å². The Morgan fingerprint density at radius 2 is 2.17 bits per heavy atom. The minimum Gasteiger partial charge on any atom is -0.494 e. The van der Waals surface area contributed by atoms with Crippen molar-refractivity contribution in [3.63, 3.8) is 0 Å². The fourth-order valence-electron chi connectivity index (χ4n) is 3.57. The van der Waals surface area contributed by atoms with Crippen LogP contribution in [0.2, 0.25) is 0 Å². The average molecular weight is 334 g/mol. The highest BCUT2D eigenvalue weighted by atomic mass is 19.1. The number of amides is 1. The van der Waals surface area contributed by atoms with E-state index in [4.69, 9.17) is 4.74 Å². The summed E-state index contributed by atoms with van der Waals surface area (Å²) in [7, 11) is 1.47. The van der Waals surface area contributed by atoms with E-state index in [1.165, 1.54) is 13.2 Å². The number of methoxy groups -OCH3 is 1. The first-order valence-electron chi connectivity index (χ1n) is 8.97. The molecule has 0 aromatic heterocycles. The van der Waals surface area contributed by atoms with Crippen LogP contribution in [0.15, 0.2) is 18.2 Å². The number of likely N-dealkylation sites (tertiary alicyclic amines) is 1. The van der Waals surface area contributed by atoms with E-state index >= 15 is 0 Å². The lowest BCUT2D eigenvalue weighted by Gasteiger charge is -2.39. The summed E-state index contributed by atoms with van der Waals surface area (Å²) >= 11 is 0. The van der Waals surface area contributed by atoms with Crippen molar-refractivity contribution in [2.75, 3.05) is 20.2 Å². The lowest BCUT2D eigenvalue weighted by Crippen LogP contribution is -2.51. The van der Waals surface area contributed by atoms with Gasteiger partial charge < -0.3 is 15.0 Å². The number of nitrogens with one attached hydrogen (secondary N) is 1. The molecule has 1 aliphatic heterocycles. The van der Waals surface area contributed by atoms with Crippen molar-refractivity contribution in [3.8, 4) is 5.75 Å². The number of halogens is 1. The Morgan fingerprint density at radius 3 is 2.79 bits per heavy atom. The standard InChI is InChI=1S/C19H27FN2O2/c1-3-14-12-22(19(23)15-5-6-15)9-8-17(14)21-11-13-4-7-18(24-2)16(20)10-13/h4,7,10,14-15,17,21H,3,5-6,8-9,11-12H2,1-2H3/t14-,17-/m1/s1. The summed E-state index contributed by atoms with van der Waals surface area (Å²) in [5, 5.41) is 3.56. The molecular formula is C19H27FN2O2. The Labute approximate surface area is 143 Å². The average Bonchev–Trinajstić information content (AvgIpc) is 3.44. The van der Waals surface area contributed by atoms with Crippen LogP contribution in [-0.4, -0.2) is 37.0 Å². The van der Waals surface area contributed by atoms with Crippen LogP contribution >= 0.6 is 0 Å². The van der Waals surface area contributed by atoms with Gasteiger partial charge in [-0.25, -0.2) is 4.39 Å². The van der Waals surface area contributed by atoms with Crippen molar-refractivity contribution in [2.45, 2.75) is 45.2 Å². The van der Waals surface area contributed by atoms with Gasteiger partial charge in [0.1, 0.15) is 0 Å². The fourth-order valence-corrected chi connectivity index (χ4v) is 3.57. The minimum atomic E-state index is -0.325. The molecule has 1 saturated carbocycles. The third-order valence-corrected chi connectivity index (χ3v) is 5.28. The molecule has 3 rings (SSSR count). The summed E-state index contributed by atoms with van der Waals surface area (Å²) in [6.45, 7) is 4.50. The number of carbonyl (C=O) groups is 1. The van der Waals surface area contributed by atoms with Gasteiger partial charge in [0.25, 0.3) is 0 Å². The number of ether oxygens (including phenoxy) is 1. The van der Waals surface area contributed by atoms with Crippen molar-refractivity contribution in [3.05, 3.63) is 29.6 Å². The first kappa shape index (κ1) is 17.2. The molecule has 1 saturated heterocycles. The highest BCUT2D eigenvalue weighted by Crippen LogP contribution is 2.33. The maximum Gasteiger partial charge on any atom is 0.225 e. The molecule has 0 spiro atoms. The van der Waals surface area contributed by atoms with Gasteiger partial charge in [-0.2, -0.15) is 0 Å². The molecule has 5 heteroatoms. The monoisotopic (exact) mass is 334 g/mol. The maximum absolute atomic E-state index is 13.8. The van der Waals surface area contributed by atoms with Crippen LogP contribution in [-0.2, 0) is 11.3 Å². The molecule has 2 atom stereocenters. The Morgan fingerprint density at radius 1 is 1.38 bits per heavy atom. The Balaban J connectivity index is 1.55. The molecule has 1 aromatic carbocycles. The van der Waals surface area contributed by atoms with E-state index in [1.807, 2.05) is 6.07 Å². The summed E-state index contributed by atoms with van der Waals surface area (Å²) < 4.78 is 18.7. The van der Waals surface area contributed by atoms with Crippen LogP contribution in [0.4, 0.5) is 4.39 Å². The molecule has 24 heavy (non-hydrogen) atoms. The molecular weight excluding hydrogens is 307 g/mol. The number of nitrogens with zero attached hydrogens (tertiary/aromatic N) is 1. The van der Waals surface area contributed by atoms with E-state index in [-0.39, 0.29) is 11.6 Å². The molecule has 4 nitrogen and oxygen atoms in total. The minimum absolute atomic E-state index is 0.275. The number of carbonyl (C=O) groups excluding carboxylic acids is 1. The van der Waals surface area contributed by atoms with E-state index in [2.05, 4.69) is 17.1 Å². The summed E-state index contributed by atoms with van der Waals surface area (Å²) in [4.78, 5) is 14.3. The second kappa shape index (κ2) is 7.51. The Bertz CT molecular complexity index is 589. The van der Waals surface area contributed by atoms with E-state index < -0.39 is 0 Å². The molecule has 1 aliphatic carbocycles. The largest absolute Gasteiger partial charge is 0.494 e. The van der Waals surface area contributed by atoms with Crippen molar-refractivity contribution in [1.29, 1.82) is 0 Å². The molecule has 1 N–H and O–H groups in total. The predicted molar refractivity (Wildman–Crippen MR) is 91.3 cm³/mol. The predicted octanol–water partition coefficient (Wildman–Crippen LogP) is 2.96. The Kier molecular flexibility index (Phi) is 5.39. The first-order chi connectivity index (χ1) is 11.6. The SMILES string of the molecule is CC[C@@H]1CN(C(=O)C2CC2)CC[C@H]1NCc1ccc(OC)c(F)c1. The van der Waals surface area contributed by atoms with Crippen molar-refractivity contribution >= 4 is 5.91 Å². The normalized spacial score (nSPS) is 24.0. The number of piperidine rings is 1. The van der Waals surface area contributed by atoms with Gasteiger partial charge in [-0.05, 0) is 42.9 Å². The van der Waals surface area contributed by atoms with Crippen LogP contribution in [0.1, 0.15) is 38.2 Å². The van der Waals surface area contributed by atoms with Gasteiger partial charge in [0.2, 0.25) is 5.91 Å². The smallest absolute Gasteiger partial charge is 0.225 e. The van der Waals surface area contributed by atoms with Crippen LogP contribution in [0.5, 0.6) is 5.75 Å². The van der Waals surface area contributed by atoms with Crippen LogP contribution in [0.3, 0.4) is 0 Å². The zero-order valence-corrected chi connectivity index (χ0v) is 14.6. The second-order valence-corrected chi connectivity index (χ2v) is 6.97. The molecule has 132 valence electrons. The molecule has 2 aliphatic rings. The second-order valence-electron chi connectivity index (χ2n) is 6.97. The van der Waals surface area contributed by atoms with Crippen LogP contribution < -0.4 is 10.1 Å². The Hall–Kier alpha value is -1.62. The van der Waals surface area contributed by atoms with Gasteiger partial charge >= 0.3 is 0 Å². The van der Waals surface area contributed by atoms with Crippen LogP contribution in [0.25, 0.3) is 0 Å². The van der Waals surface area contributed by atoms with Gasteiger partial charge in [-0.3, -0.25) is 4.79 Å². The highest BCUT2D eigenvalue weighted by molar-refractivity contribution is 5.81. The van der Waals surface area contributed by atoms with E-state index in [0.29, 0.717) is 30.3 Å². The molecule has 1 aromatic rings. The van der Waals surface area contributed by atoms with E-state index in [0.717, 1.165) is 44.3 Å². The zero-order chi connectivity index (χ0) is 17.1.